The maximum absolute atomic E-state index is 14.4. The molecular weight excluding hydrogens is 472 g/mol. The second kappa shape index (κ2) is 8.91. The highest BCUT2D eigenvalue weighted by Crippen LogP contribution is 2.65. The number of aliphatic hydroxyl groups excluding tert-OH is 1. The van der Waals surface area contributed by atoms with Gasteiger partial charge in [-0.2, -0.15) is 0 Å². The molecule has 0 saturated carbocycles. The minimum Gasteiger partial charge on any atom is -0.481 e. The predicted octanol–water partition coefficient (Wildman–Crippen LogP) is 2.97. The third-order valence-electron chi connectivity index (χ3n) is 8.29. The molecule has 0 aliphatic carbocycles. The highest BCUT2D eigenvalue weighted by Gasteiger charge is 2.80. The van der Waals surface area contributed by atoms with Gasteiger partial charge >= 0.3 is 5.97 Å². The summed E-state index contributed by atoms with van der Waals surface area (Å²) in [4.78, 5) is 43.7. The van der Waals surface area contributed by atoms with Gasteiger partial charge in [0.2, 0.25) is 5.91 Å². The first-order valence-corrected chi connectivity index (χ1v) is 12.4. The van der Waals surface area contributed by atoms with Gasteiger partial charge in [0.25, 0.3) is 5.91 Å². The standard InChI is InChI=1S/C26H33ClN2O6/c1-6-11-28(17-10-8-7-9-16(17)27)23(32)21-26-12-15(4)25(5,35-26)20(24(33)34)19(26)22(31)29(21)18(13-30)14(2)3/h6-10,14-15,18-21,30H,1,11-13H2,2-5H3,(H,33,34)/t15?,18-,19-,20-,21?,25+,26?/m0/s1. The number of carboxylic acid groups (broad SMARTS) is 1. The Morgan fingerprint density at radius 2 is 2.03 bits per heavy atom. The van der Waals surface area contributed by atoms with Crippen LogP contribution in [0.1, 0.15) is 34.1 Å². The molecule has 3 aliphatic rings. The number of benzene rings is 1. The number of aliphatic hydroxyl groups is 1. The minimum absolute atomic E-state index is 0.127. The number of amides is 2. The number of hydrogen-bond acceptors (Lipinski definition) is 5. The van der Waals surface area contributed by atoms with Crippen LogP contribution in [0.15, 0.2) is 36.9 Å². The predicted molar refractivity (Wildman–Crippen MR) is 131 cm³/mol. The Hall–Kier alpha value is -2.42. The van der Waals surface area contributed by atoms with E-state index in [0.29, 0.717) is 17.1 Å². The lowest BCUT2D eigenvalue weighted by molar-refractivity contribution is -0.158. The molecule has 9 heteroatoms. The number of ether oxygens (including phenoxy) is 1. The Labute approximate surface area is 210 Å². The summed E-state index contributed by atoms with van der Waals surface area (Å²) in [5.74, 6) is -4.52. The summed E-state index contributed by atoms with van der Waals surface area (Å²) in [6, 6.07) is 5.09. The molecule has 7 atom stereocenters. The summed E-state index contributed by atoms with van der Waals surface area (Å²) in [7, 11) is 0. The first kappa shape index (κ1) is 25.7. The largest absolute Gasteiger partial charge is 0.481 e. The molecule has 0 aromatic heterocycles. The molecular formula is C26H33ClN2O6. The Bertz CT molecular complexity index is 1060. The number of aliphatic carboxylic acids is 1. The molecule has 2 amide bonds. The normalized spacial score (nSPS) is 34.3. The SMILES string of the molecule is C=CCN(C(=O)C1N([C@@H](CO)C(C)C)C(=O)[C@@H]2[C@@H](C(=O)O)[C@]3(C)OC12CC3C)c1ccccc1Cl. The summed E-state index contributed by atoms with van der Waals surface area (Å²) in [5.41, 5.74) is -1.95. The maximum atomic E-state index is 14.4. The molecule has 1 aromatic carbocycles. The van der Waals surface area contributed by atoms with Crippen LogP contribution in [0.5, 0.6) is 0 Å². The molecule has 0 radical (unpaired) electrons. The quantitative estimate of drug-likeness (QED) is 0.527. The number of likely N-dealkylation sites (tertiary alicyclic amines) is 1. The number of carbonyl (C=O) groups excluding carboxylic acids is 2. The zero-order valence-electron chi connectivity index (χ0n) is 20.5. The second-order valence-corrected chi connectivity index (χ2v) is 10.9. The molecule has 3 heterocycles. The highest BCUT2D eigenvalue weighted by atomic mass is 35.5. The smallest absolute Gasteiger partial charge is 0.310 e. The highest BCUT2D eigenvalue weighted by molar-refractivity contribution is 6.34. The third kappa shape index (κ3) is 3.52. The molecule has 4 rings (SSSR count). The molecule has 3 unspecified atom stereocenters. The summed E-state index contributed by atoms with van der Waals surface area (Å²) in [6.07, 6.45) is 1.93. The maximum Gasteiger partial charge on any atom is 0.310 e. The number of halogens is 1. The Balaban J connectivity index is 1.91. The minimum atomic E-state index is -1.33. The first-order valence-electron chi connectivity index (χ1n) is 12.0. The van der Waals surface area contributed by atoms with Crippen molar-refractivity contribution in [2.24, 2.45) is 23.7 Å². The van der Waals surface area contributed by atoms with Crippen molar-refractivity contribution in [3.8, 4) is 0 Å². The lowest BCUT2D eigenvalue weighted by Gasteiger charge is -2.40. The number of hydrogen-bond donors (Lipinski definition) is 2. The van der Waals surface area contributed by atoms with Crippen molar-refractivity contribution < 1.29 is 29.3 Å². The van der Waals surface area contributed by atoms with Gasteiger partial charge in [-0.05, 0) is 37.3 Å². The van der Waals surface area contributed by atoms with E-state index >= 15 is 0 Å². The van der Waals surface area contributed by atoms with Crippen molar-refractivity contribution in [3.63, 3.8) is 0 Å². The van der Waals surface area contributed by atoms with Crippen LogP contribution >= 0.6 is 11.6 Å². The molecule has 1 spiro atoms. The average molecular weight is 505 g/mol. The van der Waals surface area contributed by atoms with Gasteiger partial charge in [-0.15, -0.1) is 6.58 Å². The molecule has 2 bridgehead atoms. The van der Waals surface area contributed by atoms with Crippen molar-refractivity contribution >= 4 is 35.1 Å². The summed E-state index contributed by atoms with van der Waals surface area (Å²) >= 11 is 6.45. The van der Waals surface area contributed by atoms with Crippen molar-refractivity contribution in [3.05, 3.63) is 41.9 Å². The molecule has 3 saturated heterocycles. The number of rotatable bonds is 8. The van der Waals surface area contributed by atoms with E-state index in [-0.39, 0.29) is 25.0 Å². The lowest BCUT2D eigenvalue weighted by Crippen LogP contribution is -2.60. The zero-order valence-corrected chi connectivity index (χ0v) is 21.2. The van der Waals surface area contributed by atoms with Gasteiger partial charge in [0.05, 0.1) is 34.9 Å². The van der Waals surface area contributed by atoms with Gasteiger partial charge in [0.15, 0.2) is 0 Å². The van der Waals surface area contributed by atoms with Crippen LogP contribution in [0.25, 0.3) is 0 Å². The van der Waals surface area contributed by atoms with Crippen molar-refractivity contribution in [2.75, 3.05) is 18.1 Å². The number of anilines is 1. The number of para-hydroxylation sites is 1. The number of fused-ring (bicyclic) bond motifs is 1. The number of nitrogens with zero attached hydrogens (tertiary/aromatic N) is 2. The monoisotopic (exact) mass is 504 g/mol. The van der Waals surface area contributed by atoms with E-state index in [1.165, 1.54) is 9.80 Å². The fourth-order valence-corrected chi connectivity index (χ4v) is 6.80. The summed E-state index contributed by atoms with van der Waals surface area (Å²) < 4.78 is 6.53. The van der Waals surface area contributed by atoms with E-state index in [1.54, 1.807) is 37.3 Å². The fourth-order valence-electron chi connectivity index (χ4n) is 6.56. The Morgan fingerprint density at radius 1 is 1.37 bits per heavy atom. The van der Waals surface area contributed by atoms with E-state index in [0.717, 1.165) is 0 Å². The topological polar surface area (TPSA) is 107 Å². The van der Waals surface area contributed by atoms with E-state index in [9.17, 15) is 24.6 Å². The van der Waals surface area contributed by atoms with Crippen LogP contribution < -0.4 is 4.90 Å². The van der Waals surface area contributed by atoms with Gasteiger partial charge in [0.1, 0.15) is 17.6 Å². The van der Waals surface area contributed by atoms with Crippen LogP contribution in [0.4, 0.5) is 5.69 Å². The Kier molecular flexibility index (Phi) is 6.53. The zero-order chi connectivity index (χ0) is 25.9. The van der Waals surface area contributed by atoms with Crippen molar-refractivity contribution in [1.82, 2.24) is 4.90 Å². The number of carbonyl (C=O) groups is 3. The van der Waals surface area contributed by atoms with Crippen LogP contribution in [-0.4, -0.2) is 69.3 Å². The molecule has 1 aromatic rings. The molecule has 35 heavy (non-hydrogen) atoms. The van der Waals surface area contributed by atoms with E-state index in [2.05, 4.69) is 6.58 Å². The van der Waals surface area contributed by atoms with E-state index in [1.807, 2.05) is 20.8 Å². The Morgan fingerprint density at radius 3 is 2.57 bits per heavy atom. The molecule has 190 valence electrons. The number of carboxylic acids is 1. The molecule has 3 fully saturated rings. The second-order valence-electron chi connectivity index (χ2n) is 10.5. The molecule has 8 nitrogen and oxygen atoms in total. The lowest BCUT2D eigenvalue weighted by atomic mass is 9.62. The molecule has 2 N–H and O–H groups in total. The van der Waals surface area contributed by atoms with Gasteiger partial charge < -0.3 is 24.7 Å². The van der Waals surface area contributed by atoms with Crippen molar-refractivity contribution in [2.45, 2.75) is 57.4 Å². The fraction of sp³-hybridized carbons (Fsp3) is 0.577. The van der Waals surface area contributed by atoms with Crippen molar-refractivity contribution in [1.29, 1.82) is 0 Å². The van der Waals surface area contributed by atoms with Gasteiger partial charge in [0, 0.05) is 6.54 Å². The third-order valence-corrected chi connectivity index (χ3v) is 8.61. The van der Waals surface area contributed by atoms with E-state index < -0.39 is 52.9 Å². The van der Waals surface area contributed by atoms with Crippen LogP contribution in [-0.2, 0) is 19.1 Å². The van der Waals surface area contributed by atoms with Gasteiger partial charge in [-0.3, -0.25) is 14.4 Å². The van der Waals surface area contributed by atoms with Gasteiger partial charge in [-0.1, -0.05) is 50.6 Å². The first-order chi connectivity index (χ1) is 16.5. The average Bonchev–Trinajstić information content (AvgIpc) is 3.30. The summed E-state index contributed by atoms with van der Waals surface area (Å²) in [5, 5.41) is 20.8. The summed E-state index contributed by atoms with van der Waals surface area (Å²) in [6.45, 7) is 10.9. The van der Waals surface area contributed by atoms with Gasteiger partial charge in [-0.25, -0.2) is 0 Å². The van der Waals surface area contributed by atoms with Crippen LogP contribution in [0.2, 0.25) is 5.02 Å². The van der Waals surface area contributed by atoms with Crippen LogP contribution in [0, 0.1) is 23.7 Å². The van der Waals surface area contributed by atoms with Crippen LogP contribution in [0.3, 0.4) is 0 Å². The molecule has 3 aliphatic heterocycles. The van der Waals surface area contributed by atoms with E-state index in [4.69, 9.17) is 16.3 Å².